The number of H-pyrrole nitrogens is 2. The van der Waals surface area contributed by atoms with Crippen molar-refractivity contribution in [1.82, 2.24) is 14.9 Å². The van der Waals surface area contributed by atoms with Crippen LogP contribution in [0.25, 0.3) is 0 Å². The second-order valence-electron chi connectivity index (χ2n) is 7.08. The average molecular weight is 371 g/mol. The summed E-state index contributed by atoms with van der Waals surface area (Å²) in [6.45, 7) is 1.15. The van der Waals surface area contributed by atoms with Crippen LogP contribution in [-0.2, 0) is 17.6 Å². The van der Waals surface area contributed by atoms with Gasteiger partial charge in [-0.1, -0.05) is 30.3 Å². The quantitative estimate of drug-likeness (QED) is 0.699. The molecule has 1 fully saturated rings. The smallest absolute Gasteiger partial charge is 0.325 e. The van der Waals surface area contributed by atoms with Gasteiger partial charge in [0, 0.05) is 24.8 Å². The number of aryl methyl sites for hydroxylation is 1. The molecule has 0 unspecified atom stereocenters. The summed E-state index contributed by atoms with van der Waals surface area (Å²) in [4.78, 5) is 41.4. The topological polar surface area (TPSA) is 106 Å². The number of nitrogens with zero attached hydrogens (tertiary/aromatic N) is 1. The van der Waals surface area contributed by atoms with Crippen LogP contribution < -0.4 is 11.2 Å². The van der Waals surface area contributed by atoms with E-state index in [0.717, 1.165) is 25.7 Å². The summed E-state index contributed by atoms with van der Waals surface area (Å²) < 4.78 is 0. The van der Waals surface area contributed by atoms with Crippen molar-refractivity contribution in [2.45, 2.75) is 38.2 Å². The standard InChI is InChI=1S/C20H25N3O4/c24-17(7-6-14-4-2-1-3-5-14)15-8-10-23(11-9-15)18(25)12-16-13-21-20(27)22-19(16)26/h1-5,13,15,17,24H,6-12H2,(H2,21,22,26,27)/t17-/m1/s1. The molecule has 7 heteroatoms. The van der Waals surface area contributed by atoms with Gasteiger partial charge in [0.1, 0.15) is 0 Å². The van der Waals surface area contributed by atoms with Crippen LogP contribution in [0.2, 0.25) is 0 Å². The number of aromatic amines is 2. The van der Waals surface area contributed by atoms with Gasteiger partial charge < -0.3 is 15.0 Å². The number of nitrogens with one attached hydrogen (secondary N) is 2. The maximum atomic E-state index is 12.4. The number of rotatable bonds is 6. The zero-order chi connectivity index (χ0) is 19.2. The van der Waals surface area contributed by atoms with Gasteiger partial charge in [0.25, 0.3) is 5.56 Å². The molecule has 1 aliphatic heterocycles. The second-order valence-corrected chi connectivity index (χ2v) is 7.08. The van der Waals surface area contributed by atoms with Crippen molar-refractivity contribution in [2.75, 3.05) is 13.1 Å². The first-order valence-corrected chi connectivity index (χ1v) is 9.33. The van der Waals surface area contributed by atoms with Crippen LogP contribution in [0.4, 0.5) is 0 Å². The Kier molecular flexibility index (Phi) is 6.24. The van der Waals surface area contributed by atoms with Crippen molar-refractivity contribution in [2.24, 2.45) is 5.92 Å². The summed E-state index contributed by atoms with van der Waals surface area (Å²) in [6, 6.07) is 10.1. The van der Waals surface area contributed by atoms with Crippen LogP contribution in [0.3, 0.4) is 0 Å². The van der Waals surface area contributed by atoms with Gasteiger partial charge in [0.05, 0.1) is 12.5 Å². The van der Waals surface area contributed by atoms with E-state index in [1.54, 1.807) is 4.90 Å². The van der Waals surface area contributed by atoms with Gasteiger partial charge in [-0.2, -0.15) is 0 Å². The summed E-state index contributed by atoms with van der Waals surface area (Å²) in [5.74, 6) is 0.0546. The lowest BCUT2D eigenvalue weighted by atomic mass is 9.88. The molecular weight excluding hydrogens is 346 g/mol. The Balaban J connectivity index is 1.47. The Bertz CT molecular complexity index is 867. The number of hydrogen-bond donors (Lipinski definition) is 3. The van der Waals surface area contributed by atoms with Gasteiger partial charge in [-0.15, -0.1) is 0 Å². The van der Waals surface area contributed by atoms with Crippen molar-refractivity contribution < 1.29 is 9.90 Å². The van der Waals surface area contributed by atoms with Gasteiger partial charge in [0.2, 0.25) is 5.91 Å². The molecule has 1 atom stereocenters. The Morgan fingerprint density at radius 1 is 1.19 bits per heavy atom. The van der Waals surface area contributed by atoms with Crippen molar-refractivity contribution in [1.29, 1.82) is 0 Å². The van der Waals surface area contributed by atoms with Gasteiger partial charge in [-0.3, -0.25) is 14.6 Å². The third-order valence-corrected chi connectivity index (χ3v) is 5.25. The summed E-state index contributed by atoms with van der Waals surface area (Å²) in [5, 5.41) is 10.5. The minimum atomic E-state index is -0.582. The summed E-state index contributed by atoms with van der Waals surface area (Å²) in [6.07, 6.45) is 3.95. The van der Waals surface area contributed by atoms with E-state index < -0.39 is 11.2 Å². The summed E-state index contributed by atoms with van der Waals surface area (Å²) >= 11 is 0. The lowest BCUT2D eigenvalue weighted by Crippen LogP contribution is -2.42. The third kappa shape index (κ3) is 5.17. The number of likely N-dealkylation sites (tertiary alicyclic amines) is 1. The van der Waals surface area contributed by atoms with Gasteiger partial charge in [-0.25, -0.2) is 4.79 Å². The van der Waals surface area contributed by atoms with Crippen molar-refractivity contribution in [3.8, 4) is 0 Å². The van der Waals surface area contributed by atoms with Crippen molar-refractivity contribution in [3.05, 3.63) is 68.5 Å². The first kappa shape index (κ1) is 19.1. The van der Waals surface area contributed by atoms with Crippen LogP contribution >= 0.6 is 0 Å². The van der Waals surface area contributed by atoms with E-state index in [-0.39, 0.29) is 29.9 Å². The lowest BCUT2D eigenvalue weighted by molar-refractivity contribution is -0.132. The number of carbonyl (C=O) groups excluding carboxylic acids is 1. The fraction of sp³-hybridized carbons (Fsp3) is 0.450. The van der Waals surface area contributed by atoms with Gasteiger partial charge in [0.15, 0.2) is 0 Å². The molecule has 1 aromatic heterocycles. The fourth-order valence-electron chi connectivity index (χ4n) is 3.57. The number of amides is 1. The van der Waals surface area contributed by atoms with Crippen molar-refractivity contribution >= 4 is 5.91 Å². The van der Waals surface area contributed by atoms with E-state index in [4.69, 9.17) is 0 Å². The molecule has 1 amide bonds. The molecule has 1 aliphatic rings. The molecule has 27 heavy (non-hydrogen) atoms. The normalized spacial score (nSPS) is 16.3. The SMILES string of the molecule is O=C(Cc1c[nH]c(=O)[nH]c1=O)N1CCC([C@H](O)CCc2ccccc2)CC1. The molecule has 144 valence electrons. The lowest BCUT2D eigenvalue weighted by Gasteiger charge is -2.34. The second kappa shape index (κ2) is 8.81. The number of piperidine rings is 1. The first-order chi connectivity index (χ1) is 13.0. The number of aromatic nitrogens is 2. The zero-order valence-corrected chi connectivity index (χ0v) is 15.2. The molecule has 7 nitrogen and oxygen atoms in total. The number of aliphatic hydroxyl groups is 1. The number of benzene rings is 1. The summed E-state index contributed by atoms with van der Waals surface area (Å²) in [5.41, 5.74) is 0.361. The van der Waals surface area contributed by atoms with E-state index in [9.17, 15) is 19.5 Å². The van der Waals surface area contributed by atoms with Crippen LogP contribution in [0, 0.1) is 5.92 Å². The molecule has 0 radical (unpaired) electrons. The monoisotopic (exact) mass is 371 g/mol. The Hall–Kier alpha value is -2.67. The molecule has 1 saturated heterocycles. The van der Waals surface area contributed by atoms with Crippen LogP contribution in [0.5, 0.6) is 0 Å². The van der Waals surface area contributed by atoms with E-state index >= 15 is 0 Å². The zero-order valence-electron chi connectivity index (χ0n) is 15.2. The Morgan fingerprint density at radius 2 is 1.89 bits per heavy atom. The Labute approximate surface area is 157 Å². The highest BCUT2D eigenvalue weighted by Gasteiger charge is 2.27. The highest BCUT2D eigenvalue weighted by molar-refractivity contribution is 5.78. The van der Waals surface area contributed by atoms with Crippen LogP contribution in [-0.4, -0.2) is 45.1 Å². The minimum Gasteiger partial charge on any atom is -0.393 e. The fourth-order valence-corrected chi connectivity index (χ4v) is 3.57. The molecule has 1 aromatic carbocycles. The van der Waals surface area contributed by atoms with Crippen LogP contribution in [0.15, 0.2) is 46.1 Å². The maximum absolute atomic E-state index is 12.4. The van der Waals surface area contributed by atoms with Crippen molar-refractivity contribution in [3.63, 3.8) is 0 Å². The predicted octanol–water partition coefficient (Wildman–Crippen LogP) is 0.838. The predicted molar refractivity (Wildman–Crippen MR) is 101 cm³/mol. The van der Waals surface area contributed by atoms with E-state index in [1.165, 1.54) is 11.8 Å². The molecule has 2 aromatic rings. The molecule has 3 rings (SSSR count). The molecule has 0 spiro atoms. The third-order valence-electron chi connectivity index (χ3n) is 5.25. The van der Waals surface area contributed by atoms with Gasteiger partial charge in [-0.05, 0) is 37.2 Å². The largest absolute Gasteiger partial charge is 0.393 e. The minimum absolute atomic E-state index is 0.0344. The van der Waals surface area contributed by atoms with E-state index in [1.807, 2.05) is 18.2 Å². The molecule has 3 N–H and O–H groups in total. The Morgan fingerprint density at radius 3 is 2.56 bits per heavy atom. The summed E-state index contributed by atoms with van der Waals surface area (Å²) in [7, 11) is 0. The molecule has 0 saturated carbocycles. The highest BCUT2D eigenvalue weighted by Crippen LogP contribution is 2.24. The number of hydrogen-bond acceptors (Lipinski definition) is 4. The molecule has 0 aliphatic carbocycles. The average Bonchev–Trinajstić information content (AvgIpc) is 2.69. The maximum Gasteiger partial charge on any atom is 0.325 e. The molecule has 2 heterocycles. The molecular formula is C20H25N3O4. The van der Waals surface area contributed by atoms with E-state index in [0.29, 0.717) is 13.1 Å². The number of aliphatic hydroxyl groups excluding tert-OH is 1. The number of carbonyl (C=O) groups is 1. The van der Waals surface area contributed by atoms with E-state index in [2.05, 4.69) is 22.1 Å². The van der Waals surface area contributed by atoms with Crippen LogP contribution in [0.1, 0.15) is 30.4 Å². The van der Waals surface area contributed by atoms with Gasteiger partial charge >= 0.3 is 5.69 Å². The first-order valence-electron chi connectivity index (χ1n) is 9.33. The molecule has 0 bridgehead atoms. The highest BCUT2D eigenvalue weighted by atomic mass is 16.3.